The lowest BCUT2D eigenvalue weighted by Gasteiger charge is -2.21. The van der Waals surface area contributed by atoms with Crippen LogP contribution in [0.5, 0.6) is 0 Å². The lowest BCUT2D eigenvalue weighted by Crippen LogP contribution is -2.40. The average Bonchev–Trinajstić information content (AvgIpc) is 3.21. The molecule has 24 heavy (non-hydrogen) atoms. The fraction of sp³-hybridized carbons (Fsp3) is 0.588. The average molecular weight is 335 g/mol. The van der Waals surface area contributed by atoms with E-state index < -0.39 is 5.97 Å². The first-order chi connectivity index (χ1) is 11.4. The van der Waals surface area contributed by atoms with E-state index in [1.54, 1.807) is 18.9 Å². The second kappa shape index (κ2) is 7.51. The van der Waals surface area contributed by atoms with Crippen LogP contribution in [0.3, 0.4) is 0 Å². The van der Waals surface area contributed by atoms with Crippen molar-refractivity contribution in [3.05, 3.63) is 22.5 Å². The maximum Gasteiger partial charge on any atom is 0.339 e. The summed E-state index contributed by atoms with van der Waals surface area (Å²) < 4.78 is 4.80. The third kappa shape index (κ3) is 3.44. The molecule has 1 N–H and O–H groups in total. The van der Waals surface area contributed by atoms with Crippen molar-refractivity contribution in [2.45, 2.75) is 33.1 Å². The van der Waals surface area contributed by atoms with Crippen molar-refractivity contribution in [2.75, 3.05) is 33.8 Å². The van der Waals surface area contributed by atoms with E-state index in [0.29, 0.717) is 28.9 Å². The molecule has 1 aliphatic rings. The van der Waals surface area contributed by atoms with Crippen LogP contribution < -0.4 is 0 Å². The van der Waals surface area contributed by atoms with Crippen LogP contribution in [0.4, 0.5) is 0 Å². The monoisotopic (exact) mass is 335 g/mol. The van der Waals surface area contributed by atoms with Gasteiger partial charge in [-0.1, -0.05) is 6.92 Å². The minimum atomic E-state index is -0.463. The van der Waals surface area contributed by atoms with Gasteiger partial charge in [0, 0.05) is 25.8 Å². The van der Waals surface area contributed by atoms with Crippen LogP contribution in [-0.4, -0.2) is 66.4 Å². The zero-order valence-corrected chi connectivity index (χ0v) is 14.8. The highest BCUT2D eigenvalue weighted by atomic mass is 16.5. The van der Waals surface area contributed by atoms with E-state index in [1.165, 1.54) is 12.0 Å². The minimum absolute atomic E-state index is 0.0340. The van der Waals surface area contributed by atoms with Crippen molar-refractivity contribution in [1.29, 1.82) is 0 Å². The largest absolute Gasteiger partial charge is 0.465 e. The molecule has 2 amide bonds. The molecule has 0 aliphatic carbocycles. The maximum absolute atomic E-state index is 12.7. The van der Waals surface area contributed by atoms with Crippen LogP contribution in [0.2, 0.25) is 0 Å². The Morgan fingerprint density at radius 2 is 1.88 bits per heavy atom. The topological polar surface area (TPSA) is 82.7 Å². The Balaban J connectivity index is 2.18. The molecule has 0 radical (unpaired) electrons. The Labute approximate surface area is 141 Å². The van der Waals surface area contributed by atoms with Gasteiger partial charge in [-0.05, 0) is 31.7 Å². The number of likely N-dealkylation sites (tertiary alicyclic amines) is 1. The number of ether oxygens (including phenoxy) is 1. The van der Waals surface area contributed by atoms with Crippen LogP contribution in [0.25, 0.3) is 0 Å². The predicted octanol–water partition coefficient (Wildman–Crippen LogP) is 1.37. The molecule has 132 valence electrons. The summed E-state index contributed by atoms with van der Waals surface area (Å²) in [4.78, 5) is 43.0. The van der Waals surface area contributed by atoms with Gasteiger partial charge in [-0.15, -0.1) is 0 Å². The van der Waals surface area contributed by atoms with Gasteiger partial charge in [0.05, 0.1) is 19.2 Å². The number of carbonyl (C=O) groups is 3. The number of hydrogen-bond acceptors (Lipinski definition) is 4. The number of esters is 1. The summed E-state index contributed by atoms with van der Waals surface area (Å²) in [6.07, 6.45) is 2.61. The van der Waals surface area contributed by atoms with Crippen LogP contribution in [0, 0.1) is 6.92 Å². The van der Waals surface area contributed by atoms with Gasteiger partial charge in [-0.2, -0.15) is 0 Å². The molecule has 1 fully saturated rings. The van der Waals surface area contributed by atoms with Crippen molar-refractivity contribution < 1.29 is 19.1 Å². The van der Waals surface area contributed by atoms with Gasteiger partial charge in [-0.25, -0.2) is 4.79 Å². The van der Waals surface area contributed by atoms with E-state index in [-0.39, 0.29) is 18.4 Å². The quantitative estimate of drug-likeness (QED) is 0.824. The second-order valence-electron chi connectivity index (χ2n) is 6.07. The number of aryl methyl sites for hydroxylation is 1. The summed E-state index contributed by atoms with van der Waals surface area (Å²) in [6, 6.07) is 0. The van der Waals surface area contributed by atoms with Gasteiger partial charge in [0.25, 0.3) is 5.91 Å². The maximum atomic E-state index is 12.7. The third-order valence-corrected chi connectivity index (χ3v) is 4.46. The van der Waals surface area contributed by atoms with E-state index in [2.05, 4.69) is 4.98 Å². The highest BCUT2D eigenvalue weighted by Crippen LogP contribution is 2.21. The molecule has 0 unspecified atom stereocenters. The van der Waals surface area contributed by atoms with E-state index in [9.17, 15) is 14.4 Å². The SMILES string of the molecule is CCc1[nH]c(C(=O)N(C)CC(=O)N2CCCC2)c(C)c1C(=O)OC. The zero-order valence-electron chi connectivity index (χ0n) is 14.8. The van der Waals surface area contributed by atoms with Crippen molar-refractivity contribution >= 4 is 17.8 Å². The molecule has 0 saturated carbocycles. The Morgan fingerprint density at radius 1 is 1.25 bits per heavy atom. The second-order valence-corrected chi connectivity index (χ2v) is 6.07. The summed E-state index contributed by atoms with van der Waals surface area (Å²) in [7, 11) is 2.91. The number of nitrogens with one attached hydrogen (secondary N) is 1. The predicted molar refractivity (Wildman–Crippen MR) is 89.0 cm³/mol. The number of nitrogens with zero attached hydrogens (tertiary/aromatic N) is 2. The van der Waals surface area contributed by atoms with Gasteiger partial charge in [0.1, 0.15) is 5.69 Å². The molecular weight excluding hydrogens is 310 g/mol. The van der Waals surface area contributed by atoms with Crippen molar-refractivity contribution in [1.82, 2.24) is 14.8 Å². The molecule has 0 bridgehead atoms. The van der Waals surface area contributed by atoms with Gasteiger partial charge < -0.3 is 19.5 Å². The molecule has 7 heteroatoms. The summed E-state index contributed by atoms with van der Waals surface area (Å²) in [6.45, 7) is 5.16. The fourth-order valence-corrected chi connectivity index (χ4v) is 3.05. The molecule has 1 saturated heterocycles. The number of carbonyl (C=O) groups excluding carboxylic acids is 3. The first-order valence-corrected chi connectivity index (χ1v) is 8.23. The van der Waals surface area contributed by atoms with Gasteiger partial charge in [-0.3, -0.25) is 9.59 Å². The number of rotatable bonds is 5. The molecule has 7 nitrogen and oxygen atoms in total. The smallest absolute Gasteiger partial charge is 0.339 e. The molecular formula is C17H25N3O4. The Hall–Kier alpha value is -2.31. The van der Waals surface area contributed by atoms with Gasteiger partial charge >= 0.3 is 5.97 Å². The van der Waals surface area contributed by atoms with E-state index in [4.69, 9.17) is 4.74 Å². The van der Waals surface area contributed by atoms with Gasteiger partial charge in [0.2, 0.25) is 5.91 Å². The third-order valence-electron chi connectivity index (χ3n) is 4.46. The lowest BCUT2D eigenvalue weighted by atomic mass is 10.1. The Kier molecular flexibility index (Phi) is 5.64. The van der Waals surface area contributed by atoms with Crippen LogP contribution in [-0.2, 0) is 16.0 Å². The first-order valence-electron chi connectivity index (χ1n) is 8.23. The van der Waals surface area contributed by atoms with Crippen molar-refractivity contribution in [3.63, 3.8) is 0 Å². The highest BCUT2D eigenvalue weighted by molar-refractivity contribution is 6.01. The zero-order chi connectivity index (χ0) is 17.9. The summed E-state index contributed by atoms with van der Waals surface area (Å²) >= 11 is 0. The molecule has 1 aliphatic heterocycles. The van der Waals surface area contributed by atoms with Crippen LogP contribution >= 0.6 is 0 Å². The number of methoxy groups -OCH3 is 1. The molecule has 0 atom stereocenters. The van der Waals surface area contributed by atoms with E-state index in [0.717, 1.165) is 25.9 Å². The summed E-state index contributed by atoms with van der Waals surface area (Å²) in [5, 5.41) is 0. The van der Waals surface area contributed by atoms with E-state index >= 15 is 0 Å². The number of amides is 2. The van der Waals surface area contributed by atoms with E-state index in [1.807, 2.05) is 6.92 Å². The van der Waals surface area contributed by atoms with Crippen molar-refractivity contribution in [2.24, 2.45) is 0 Å². The number of hydrogen-bond donors (Lipinski definition) is 1. The molecule has 1 aromatic rings. The highest BCUT2D eigenvalue weighted by Gasteiger charge is 2.27. The standard InChI is InChI=1S/C17H25N3O4/c1-5-12-14(17(23)24-4)11(2)15(18-12)16(22)19(3)10-13(21)20-8-6-7-9-20/h18H,5-10H2,1-4H3. The Bertz CT molecular complexity index is 645. The molecule has 2 rings (SSSR count). The number of H-pyrrole nitrogens is 1. The molecule has 1 aromatic heterocycles. The summed E-state index contributed by atoms with van der Waals surface area (Å²) in [5.74, 6) is -0.809. The number of aromatic amines is 1. The van der Waals surface area contributed by atoms with Crippen LogP contribution in [0.15, 0.2) is 0 Å². The molecule has 0 aromatic carbocycles. The molecule has 0 spiro atoms. The normalized spacial score (nSPS) is 13.9. The number of likely N-dealkylation sites (N-methyl/N-ethyl adjacent to an activating group) is 1. The van der Waals surface area contributed by atoms with Crippen LogP contribution in [0.1, 0.15) is 51.9 Å². The first kappa shape index (κ1) is 18.0. The Morgan fingerprint density at radius 3 is 2.42 bits per heavy atom. The van der Waals surface area contributed by atoms with Gasteiger partial charge in [0.15, 0.2) is 0 Å². The minimum Gasteiger partial charge on any atom is -0.465 e. The van der Waals surface area contributed by atoms with Crippen molar-refractivity contribution in [3.8, 4) is 0 Å². The molecule has 2 heterocycles. The number of aromatic nitrogens is 1. The summed E-state index contributed by atoms with van der Waals surface area (Å²) in [5.41, 5.74) is 1.97. The lowest BCUT2D eigenvalue weighted by molar-refractivity contribution is -0.130. The fourth-order valence-electron chi connectivity index (χ4n) is 3.05.